The molecule has 0 saturated carbocycles. The average molecular weight is 569 g/mol. The number of oxime groups is 1. The molecule has 0 unspecified atom stereocenters. The number of amides is 3. The number of carbonyl (C=O) groups excluding carboxylic acids is 5. The van der Waals surface area contributed by atoms with Crippen LogP contribution >= 0.6 is 23.1 Å². The van der Waals surface area contributed by atoms with E-state index in [1.807, 2.05) is 0 Å². The highest BCUT2D eigenvalue weighted by atomic mass is 32.2. The SMILES string of the molecule is CO/N=C(\C(=O)N[C@H]1C(=O)N2C(C(=O)OCOC(=O)C(C)(C)C)=CCS[C@H]12)c1csc(NC(=O)[C@H](C)N)n1. The van der Waals surface area contributed by atoms with Gasteiger partial charge in [-0.05, 0) is 33.8 Å². The van der Waals surface area contributed by atoms with E-state index < -0.39 is 59.3 Å². The van der Waals surface area contributed by atoms with Gasteiger partial charge < -0.3 is 30.7 Å². The van der Waals surface area contributed by atoms with Gasteiger partial charge in [0.15, 0.2) is 10.8 Å². The van der Waals surface area contributed by atoms with Crippen LogP contribution < -0.4 is 16.4 Å². The van der Waals surface area contributed by atoms with E-state index in [1.54, 1.807) is 20.8 Å². The summed E-state index contributed by atoms with van der Waals surface area (Å²) in [7, 11) is 1.24. The molecule has 1 fully saturated rings. The van der Waals surface area contributed by atoms with Crippen LogP contribution in [0.3, 0.4) is 0 Å². The first-order chi connectivity index (χ1) is 17.8. The molecule has 206 valence electrons. The van der Waals surface area contributed by atoms with Crippen LogP contribution in [0.25, 0.3) is 0 Å². The van der Waals surface area contributed by atoms with Gasteiger partial charge in [-0.15, -0.1) is 23.1 Å². The number of anilines is 1. The molecule has 0 aliphatic carbocycles. The number of nitrogens with two attached hydrogens (primary N) is 1. The van der Waals surface area contributed by atoms with Gasteiger partial charge in [0.2, 0.25) is 12.7 Å². The molecule has 1 saturated heterocycles. The van der Waals surface area contributed by atoms with Crippen LogP contribution in [0.15, 0.2) is 22.3 Å². The zero-order valence-corrected chi connectivity index (χ0v) is 22.9. The molecule has 14 nitrogen and oxygen atoms in total. The lowest BCUT2D eigenvalue weighted by Crippen LogP contribution is -2.70. The fourth-order valence-electron chi connectivity index (χ4n) is 3.12. The molecule has 0 spiro atoms. The van der Waals surface area contributed by atoms with E-state index >= 15 is 0 Å². The molecule has 2 aliphatic heterocycles. The van der Waals surface area contributed by atoms with Crippen molar-refractivity contribution < 1.29 is 38.3 Å². The fourth-order valence-corrected chi connectivity index (χ4v) is 5.01. The van der Waals surface area contributed by atoms with Gasteiger partial charge in [0.25, 0.3) is 11.8 Å². The minimum Gasteiger partial charge on any atom is -0.427 e. The zero-order chi connectivity index (χ0) is 28.2. The van der Waals surface area contributed by atoms with Crippen molar-refractivity contribution in [3.8, 4) is 0 Å². The molecule has 0 radical (unpaired) electrons. The number of hydrogen-bond donors (Lipinski definition) is 3. The van der Waals surface area contributed by atoms with Crippen LogP contribution in [-0.4, -0.2) is 82.4 Å². The largest absolute Gasteiger partial charge is 0.427 e. The Morgan fingerprint density at radius 1 is 1.29 bits per heavy atom. The second-order valence-corrected chi connectivity index (χ2v) is 11.2. The number of nitrogens with zero attached hydrogens (tertiary/aromatic N) is 3. The Labute approximate surface area is 226 Å². The van der Waals surface area contributed by atoms with Gasteiger partial charge in [0, 0.05) is 11.1 Å². The van der Waals surface area contributed by atoms with E-state index in [4.69, 9.17) is 20.0 Å². The van der Waals surface area contributed by atoms with E-state index in [-0.39, 0.29) is 22.2 Å². The van der Waals surface area contributed by atoms with Crippen molar-refractivity contribution >= 4 is 63.6 Å². The lowest BCUT2D eigenvalue weighted by Gasteiger charge is -2.48. The third-order valence-electron chi connectivity index (χ3n) is 5.12. The molecule has 3 amide bonds. The molecular formula is C22H28N6O8S2. The van der Waals surface area contributed by atoms with E-state index in [0.29, 0.717) is 5.75 Å². The summed E-state index contributed by atoms with van der Waals surface area (Å²) in [5.74, 6) is -2.73. The number of hydrogen-bond acceptors (Lipinski definition) is 13. The van der Waals surface area contributed by atoms with Gasteiger partial charge in [-0.2, -0.15) is 0 Å². The van der Waals surface area contributed by atoms with Crippen LogP contribution in [0, 0.1) is 5.41 Å². The van der Waals surface area contributed by atoms with Crippen LogP contribution in [0.2, 0.25) is 0 Å². The number of thioether (sulfide) groups is 1. The Morgan fingerprint density at radius 2 is 2.00 bits per heavy atom. The summed E-state index contributed by atoms with van der Waals surface area (Å²) in [5, 5.41) is 9.96. The van der Waals surface area contributed by atoms with Crippen LogP contribution in [0.5, 0.6) is 0 Å². The van der Waals surface area contributed by atoms with E-state index in [2.05, 4.69) is 20.8 Å². The average Bonchev–Trinajstić information content (AvgIpc) is 3.31. The Hall–Kier alpha value is -3.50. The Bertz CT molecular complexity index is 1190. The predicted octanol–water partition coefficient (Wildman–Crippen LogP) is 0.153. The Morgan fingerprint density at radius 3 is 2.63 bits per heavy atom. The lowest BCUT2D eigenvalue weighted by atomic mass is 9.98. The molecule has 0 bridgehead atoms. The molecule has 16 heteroatoms. The number of esters is 2. The van der Waals surface area contributed by atoms with Crippen molar-refractivity contribution in [1.82, 2.24) is 15.2 Å². The maximum atomic E-state index is 13.0. The van der Waals surface area contributed by atoms with E-state index in [1.165, 1.54) is 42.2 Å². The second-order valence-electron chi connectivity index (χ2n) is 9.14. The Kier molecular flexibility index (Phi) is 9.11. The number of ether oxygens (including phenoxy) is 2. The van der Waals surface area contributed by atoms with Crippen molar-refractivity contribution in [2.24, 2.45) is 16.3 Å². The Balaban J connectivity index is 1.62. The summed E-state index contributed by atoms with van der Waals surface area (Å²) in [6.07, 6.45) is 1.52. The number of β-lactam (4-membered cyclic amide) rings is 1. The zero-order valence-electron chi connectivity index (χ0n) is 21.3. The van der Waals surface area contributed by atoms with Gasteiger partial charge >= 0.3 is 11.9 Å². The topological polar surface area (TPSA) is 192 Å². The third kappa shape index (κ3) is 6.49. The minimum absolute atomic E-state index is 0.00384. The molecule has 4 N–H and O–H groups in total. The van der Waals surface area contributed by atoms with Crippen LogP contribution in [0.4, 0.5) is 5.13 Å². The molecule has 1 aromatic rings. The quantitative estimate of drug-likeness (QED) is 0.121. The summed E-state index contributed by atoms with van der Waals surface area (Å²) in [4.78, 5) is 72.2. The first-order valence-corrected chi connectivity index (χ1v) is 13.2. The summed E-state index contributed by atoms with van der Waals surface area (Å²) < 4.78 is 9.96. The first-order valence-electron chi connectivity index (χ1n) is 11.3. The third-order valence-corrected chi connectivity index (χ3v) is 7.06. The number of fused-ring (bicyclic) bond motifs is 1. The van der Waals surface area contributed by atoms with Gasteiger partial charge in [-0.25, -0.2) is 9.78 Å². The van der Waals surface area contributed by atoms with Crippen molar-refractivity contribution in [3.05, 3.63) is 22.8 Å². The van der Waals surface area contributed by atoms with Crippen LogP contribution in [-0.2, 0) is 38.3 Å². The number of rotatable bonds is 9. The second kappa shape index (κ2) is 11.9. The van der Waals surface area contributed by atoms with E-state index in [0.717, 1.165) is 11.3 Å². The van der Waals surface area contributed by atoms with E-state index in [9.17, 15) is 24.0 Å². The van der Waals surface area contributed by atoms with Crippen LogP contribution in [0.1, 0.15) is 33.4 Å². The summed E-state index contributed by atoms with van der Waals surface area (Å²) in [6, 6.07) is -1.71. The van der Waals surface area contributed by atoms with Gasteiger partial charge in [0.1, 0.15) is 29.9 Å². The lowest BCUT2D eigenvalue weighted by molar-refractivity contribution is -0.173. The summed E-state index contributed by atoms with van der Waals surface area (Å²) in [6.45, 7) is 5.90. The molecule has 3 rings (SSSR count). The minimum atomic E-state index is -0.958. The maximum absolute atomic E-state index is 13.0. The smallest absolute Gasteiger partial charge is 0.357 e. The highest BCUT2D eigenvalue weighted by molar-refractivity contribution is 8.00. The summed E-state index contributed by atoms with van der Waals surface area (Å²) >= 11 is 2.38. The molecular weight excluding hydrogens is 540 g/mol. The van der Waals surface area contributed by atoms with Crippen molar-refractivity contribution in [2.75, 3.05) is 25.0 Å². The van der Waals surface area contributed by atoms with Gasteiger partial charge in [0.05, 0.1) is 11.5 Å². The highest BCUT2D eigenvalue weighted by Gasteiger charge is 2.53. The molecule has 38 heavy (non-hydrogen) atoms. The standard InChI is InChI=1S/C22H28N6O8S2/c1-10(23)15(29)26-21-24-11(8-38-21)13(27-34-5)16(30)25-14-17(31)28-12(6-7-37-18(14)28)19(32)35-9-36-20(33)22(2,3)4/h6,8,10,14,18H,7,9,23H2,1-5H3,(H,25,30)(H,24,26,29)/b27-13-/t10-,14-,18+/m0/s1. The number of aromatic nitrogens is 1. The molecule has 1 aromatic heterocycles. The first kappa shape index (κ1) is 29.1. The van der Waals surface area contributed by atoms with Gasteiger partial charge in [-0.3, -0.25) is 24.1 Å². The van der Waals surface area contributed by atoms with Crippen molar-refractivity contribution in [1.29, 1.82) is 0 Å². The predicted molar refractivity (Wildman–Crippen MR) is 138 cm³/mol. The number of nitrogens with one attached hydrogen (secondary N) is 2. The molecule has 3 atom stereocenters. The monoisotopic (exact) mass is 568 g/mol. The molecule has 0 aromatic carbocycles. The van der Waals surface area contributed by atoms with Crippen molar-refractivity contribution in [2.45, 2.75) is 45.2 Å². The van der Waals surface area contributed by atoms with Gasteiger partial charge in [-0.1, -0.05) is 5.16 Å². The van der Waals surface area contributed by atoms with Crippen molar-refractivity contribution in [3.63, 3.8) is 0 Å². The molecule has 3 heterocycles. The fraction of sp³-hybridized carbons (Fsp3) is 0.500. The number of thiazole rings is 1. The normalized spacial score (nSPS) is 19.8. The number of carbonyl (C=O) groups is 5. The maximum Gasteiger partial charge on any atom is 0.357 e. The highest BCUT2D eigenvalue weighted by Crippen LogP contribution is 2.38. The molecule has 2 aliphatic rings. The summed E-state index contributed by atoms with van der Waals surface area (Å²) in [5.41, 5.74) is 4.67.